The quantitative estimate of drug-likeness (QED) is 0.868. The zero-order valence-electron chi connectivity index (χ0n) is 10.1. The SMILES string of the molecule is CCCC(Oc1ccccc1OC(F)(F)F)C(=O)O. The van der Waals surface area contributed by atoms with Crippen molar-refractivity contribution in [2.75, 3.05) is 0 Å². The van der Waals surface area contributed by atoms with Gasteiger partial charge in [-0.25, -0.2) is 4.79 Å². The minimum absolute atomic E-state index is 0.190. The summed E-state index contributed by atoms with van der Waals surface area (Å²) >= 11 is 0. The second kappa shape index (κ2) is 6.31. The van der Waals surface area contributed by atoms with Crippen molar-refractivity contribution in [2.24, 2.45) is 0 Å². The molecule has 0 bridgehead atoms. The van der Waals surface area contributed by atoms with Crippen molar-refractivity contribution >= 4 is 5.97 Å². The maximum atomic E-state index is 12.2. The molecule has 1 aromatic rings. The lowest BCUT2D eigenvalue weighted by Crippen LogP contribution is -2.27. The van der Waals surface area contributed by atoms with E-state index < -0.39 is 24.2 Å². The molecule has 1 atom stereocenters. The first-order chi connectivity index (χ1) is 8.83. The molecule has 0 amide bonds. The summed E-state index contributed by atoms with van der Waals surface area (Å²) in [6.07, 6.45) is -5.35. The zero-order valence-corrected chi connectivity index (χ0v) is 10.1. The highest BCUT2D eigenvalue weighted by molar-refractivity contribution is 5.72. The first kappa shape index (κ1) is 15.1. The van der Waals surface area contributed by atoms with Gasteiger partial charge in [-0.15, -0.1) is 13.2 Å². The summed E-state index contributed by atoms with van der Waals surface area (Å²) in [6, 6.07) is 5.06. The minimum atomic E-state index is -4.86. The highest BCUT2D eigenvalue weighted by Gasteiger charge is 2.33. The molecule has 0 aromatic heterocycles. The van der Waals surface area contributed by atoms with Crippen LogP contribution in [-0.4, -0.2) is 23.5 Å². The van der Waals surface area contributed by atoms with E-state index in [9.17, 15) is 18.0 Å². The van der Waals surface area contributed by atoms with Gasteiger partial charge in [-0.05, 0) is 18.6 Å². The van der Waals surface area contributed by atoms with Crippen molar-refractivity contribution in [3.05, 3.63) is 24.3 Å². The average molecular weight is 278 g/mol. The van der Waals surface area contributed by atoms with E-state index >= 15 is 0 Å². The van der Waals surface area contributed by atoms with Gasteiger partial charge in [-0.3, -0.25) is 0 Å². The fourth-order valence-electron chi connectivity index (χ4n) is 1.40. The molecule has 0 aliphatic rings. The summed E-state index contributed by atoms with van der Waals surface area (Å²) < 4.78 is 45.4. The molecule has 1 unspecified atom stereocenters. The number of alkyl halides is 3. The highest BCUT2D eigenvalue weighted by Crippen LogP contribution is 2.32. The van der Waals surface area contributed by atoms with Crippen LogP contribution in [0.2, 0.25) is 0 Å². The second-order valence-electron chi connectivity index (χ2n) is 3.73. The van der Waals surface area contributed by atoms with Crippen LogP contribution in [0, 0.1) is 0 Å². The number of carboxylic acid groups (broad SMARTS) is 1. The van der Waals surface area contributed by atoms with Gasteiger partial charge < -0.3 is 14.6 Å². The van der Waals surface area contributed by atoms with E-state index in [1.807, 2.05) is 0 Å². The summed E-state index contributed by atoms with van der Waals surface area (Å²) in [7, 11) is 0. The number of hydrogen-bond acceptors (Lipinski definition) is 3. The normalized spacial score (nSPS) is 12.8. The van der Waals surface area contributed by atoms with Gasteiger partial charge in [0.15, 0.2) is 17.6 Å². The summed E-state index contributed by atoms with van der Waals surface area (Å²) in [5, 5.41) is 8.90. The number of halogens is 3. The third-order valence-corrected chi connectivity index (χ3v) is 2.17. The molecule has 0 aliphatic heterocycles. The molecule has 1 N–H and O–H groups in total. The number of para-hydroxylation sites is 2. The van der Waals surface area contributed by atoms with Gasteiger partial charge in [0.05, 0.1) is 0 Å². The maximum absolute atomic E-state index is 12.2. The van der Waals surface area contributed by atoms with Crippen molar-refractivity contribution < 1.29 is 32.5 Å². The molecule has 0 aliphatic carbocycles. The van der Waals surface area contributed by atoms with Crippen LogP contribution in [0.1, 0.15) is 19.8 Å². The first-order valence-electron chi connectivity index (χ1n) is 5.57. The van der Waals surface area contributed by atoms with E-state index in [4.69, 9.17) is 9.84 Å². The van der Waals surface area contributed by atoms with E-state index in [0.717, 1.165) is 6.07 Å². The molecule has 1 rings (SSSR count). The van der Waals surface area contributed by atoms with E-state index in [1.54, 1.807) is 6.92 Å². The molecule has 4 nitrogen and oxygen atoms in total. The molecule has 0 heterocycles. The topological polar surface area (TPSA) is 55.8 Å². The Morgan fingerprint density at radius 2 is 1.89 bits per heavy atom. The predicted molar refractivity (Wildman–Crippen MR) is 60.1 cm³/mol. The fourth-order valence-corrected chi connectivity index (χ4v) is 1.40. The minimum Gasteiger partial charge on any atom is -0.479 e. The molecule has 106 valence electrons. The Kier molecular flexibility index (Phi) is 5.02. The summed E-state index contributed by atoms with van der Waals surface area (Å²) in [5.41, 5.74) is 0. The highest BCUT2D eigenvalue weighted by atomic mass is 19.4. The van der Waals surface area contributed by atoms with E-state index in [0.29, 0.717) is 6.42 Å². The van der Waals surface area contributed by atoms with E-state index in [1.165, 1.54) is 18.2 Å². The van der Waals surface area contributed by atoms with Crippen LogP contribution in [0.15, 0.2) is 24.3 Å². The van der Waals surface area contributed by atoms with Crippen molar-refractivity contribution in [1.29, 1.82) is 0 Å². The Bertz CT molecular complexity index is 431. The molecule has 0 saturated carbocycles. The standard InChI is InChI=1S/C12H13F3O4/c1-2-5-10(11(16)17)18-8-6-3-4-7-9(8)19-12(13,14)15/h3-4,6-7,10H,2,5H2,1H3,(H,16,17). The van der Waals surface area contributed by atoms with Crippen LogP contribution in [0.25, 0.3) is 0 Å². The van der Waals surface area contributed by atoms with Crippen LogP contribution in [0.4, 0.5) is 13.2 Å². The van der Waals surface area contributed by atoms with Gasteiger partial charge in [-0.2, -0.15) is 0 Å². The average Bonchev–Trinajstić information content (AvgIpc) is 2.28. The van der Waals surface area contributed by atoms with Crippen LogP contribution in [-0.2, 0) is 4.79 Å². The number of ether oxygens (including phenoxy) is 2. The largest absolute Gasteiger partial charge is 0.573 e. The molecule has 7 heteroatoms. The Balaban J connectivity index is 2.90. The van der Waals surface area contributed by atoms with Crippen LogP contribution >= 0.6 is 0 Å². The lowest BCUT2D eigenvalue weighted by Gasteiger charge is -2.17. The molecular formula is C12H13F3O4. The van der Waals surface area contributed by atoms with Crippen LogP contribution in [0.3, 0.4) is 0 Å². The Labute approximate surface area is 107 Å². The molecule has 0 saturated heterocycles. The summed E-state index contributed by atoms with van der Waals surface area (Å²) in [4.78, 5) is 10.9. The van der Waals surface area contributed by atoms with Crippen molar-refractivity contribution in [2.45, 2.75) is 32.2 Å². The van der Waals surface area contributed by atoms with Gasteiger partial charge in [0, 0.05) is 0 Å². The van der Waals surface area contributed by atoms with Gasteiger partial charge in [0.25, 0.3) is 0 Å². The predicted octanol–water partition coefficient (Wildman–Crippen LogP) is 3.22. The smallest absolute Gasteiger partial charge is 0.479 e. The molecule has 1 aromatic carbocycles. The Morgan fingerprint density at radius 3 is 2.37 bits per heavy atom. The van der Waals surface area contributed by atoms with Gasteiger partial charge in [-0.1, -0.05) is 25.5 Å². The van der Waals surface area contributed by atoms with Crippen LogP contribution < -0.4 is 9.47 Å². The monoisotopic (exact) mass is 278 g/mol. The summed E-state index contributed by atoms with van der Waals surface area (Å²) in [6.45, 7) is 1.75. The van der Waals surface area contributed by atoms with Crippen molar-refractivity contribution in [3.63, 3.8) is 0 Å². The Hall–Kier alpha value is -1.92. The Morgan fingerprint density at radius 1 is 1.32 bits per heavy atom. The molecule has 19 heavy (non-hydrogen) atoms. The van der Waals surface area contributed by atoms with Gasteiger partial charge in [0.1, 0.15) is 0 Å². The summed E-state index contributed by atoms with van der Waals surface area (Å²) in [5.74, 6) is -2.04. The van der Waals surface area contributed by atoms with E-state index in [-0.39, 0.29) is 12.2 Å². The second-order valence-corrected chi connectivity index (χ2v) is 3.73. The number of carboxylic acids is 1. The lowest BCUT2D eigenvalue weighted by molar-refractivity contribution is -0.275. The molecule has 0 fully saturated rings. The number of aliphatic carboxylic acids is 1. The fraction of sp³-hybridized carbons (Fsp3) is 0.417. The van der Waals surface area contributed by atoms with Crippen LogP contribution in [0.5, 0.6) is 11.5 Å². The molecular weight excluding hydrogens is 265 g/mol. The zero-order chi connectivity index (χ0) is 14.5. The number of benzene rings is 1. The number of carbonyl (C=O) groups is 1. The number of rotatable bonds is 6. The van der Waals surface area contributed by atoms with Crippen molar-refractivity contribution in [3.8, 4) is 11.5 Å². The van der Waals surface area contributed by atoms with Gasteiger partial charge >= 0.3 is 12.3 Å². The third kappa shape index (κ3) is 5.07. The first-order valence-corrected chi connectivity index (χ1v) is 5.57. The van der Waals surface area contributed by atoms with Crippen molar-refractivity contribution in [1.82, 2.24) is 0 Å². The van der Waals surface area contributed by atoms with E-state index in [2.05, 4.69) is 4.74 Å². The van der Waals surface area contributed by atoms with Gasteiger partial charge in [0.2, 0.25) is 0 Å². The third-order valence-electron chi connectivity index (χ3n) is 2.17. The lowest BCUT2D eigenvalue weighted by atomic mass is 10.2. The number of hydrogen-bond donors (Lipinski definition) is 1. The maximum Gasteiger partial charge on any atom is 0.573 e. The molecule has 0 spiro atoms. The molecule has 0 radical (unpaired) electrons.